The Morgan fingerprint density at radius 2 is 2.16 bits per heavy atom. The number of aliphatic hydroxyl groups excluding tert-OH is 1. The van der Waals surface area contributed by atoms with Crippen molar-refractivity contribution in [1.29, 1.82) is 0 Å². The number of rotatable bonds is 7. The first-order valence-electron chi connectivity index (χ1n) is 6.59. The largest absolute Gasteiger partial charge is 0.481 e. The zero-order chi connectivity index (χ0) is 14.5. The predicted molar refractivity (Wildman–Crippen MR) is 75.1 cm³/mol. The molecule has 0 heterocycles. The van der Waals surface area contributed by atoms with Gasteiger partial charge in [-0.1, -0.05) is 29.8 Å². The summed E-state index contributed by atoms with van der Waals surface area (Å²) in [5.74, 6) is -0.833. The number of benzene rings is 1. The van der Waals surface area contributed by atoms with Gasteiger partial charge in [-0.15, -0.1) is 0 Å². The normalized spacial score (nSPS) is 15.8. The lowest BCUT2D eigenvalue weighted by Crippen LogP contribution is -2.33. The summed E-state index contributed by atoms with van der Waals surface area (Å²) < 4.78 is 0. The van der Waals surface area contributed by atoms with Crippen molar-refractivity contribution in [1.82, 2.24) is 0 Å². The monoisotopic (exact) mass is 265 g/mol. The minimum absolute atomic E-state index is 0.216. The SMILES string of the molecule is Cc1cccc(C(C)(CCCC(O)CN)C(=O)O)c1. The fourth-order valence-corrected chi connectivity index (χ4v) is 2.17. The molecule has 19 heavy (non-hydrogen) atoms. The van der Waals surface area contributed by atoms with Crippen LogP contribution >= 0.6 is 0 Å². The molecule has 1 rings (SSSR count). The Bertz CT molecular complexity index is 433. The molecule has 0 aliphatic rings. The summed E-state index contributed by atoms with van der Waals surface area (Å²) >= 11 is 0. The quantitative estimate of drug-likeness (QED) is 0.702. The zero-order valence-electron chi connectivity index (χ0n) is 11.6. The number of carboxylic acid groups (broad SMARTS) is 1. The van der Waals surface area contributed by atoms with E-state index in [1.807, 2.05) is 31.2 Å². The van der Waals surface area contributed by atoms with Crippen LogP contribution in [-0.2, 0) is 10.2 Å². The Morgan fingerprint density at radius 1 is 1.47 bits per heavy atom. The number of aliphatic hydroxyl groups is 1. The summed E-state index contributed by atoms with van der Waals surface area (Å²) in [7, 11) is 0. The predicted octanol–water partition coefficient (Wildman–Crippen LogP) is 1.83. The van der Waals surface area contributed by atoms with Gasteiger partial charge in [0.05, 0.1) is 11.5 Å². The highest BCUT2D eigenvalue weighted by atomic mass is 16.4. The molecule has 0 saturated heterocycles. The van der Waals surface area contributed by atoms with E-state index in [4.69, 9.17) is 5.73 Å². The second kappa shape index (κ2) is 6.68. The van der Waals surface area contributed by atoms with Crippen molar-refractivity contribution in [2.24, 2.45) is 5.73 Å². The van der Waals surface area contributed by atoms with Crippen LogP contribution in [0.3, 0.4) is 0 Å². The molecule has 0 bridgehead atoms. The molecule has 106 valence electrons. The van der Waals surface area contributed by atoms with E-state index in [1.54, 1.807) is 6.92 Å². The van der Waals surface area contributed by atoms with Gasteiger partial charge in [0.2, 0.25) is 0 Å². The molecular formula is C15H23NO3. The molecule has 4 N–H and O–H groups in total. The third-order valence-corrected chi connectivity index (χ3v) is 3.61. The van der Waals surface area contributed by atoms with Crippen LogP contribution in [0.2, 0.25) is 0 Å². The Hall–Kier alpha value is -1.39. The highest BCUT2D eigenvalue weighted by molar-refractivity contribution is 5.80. The molecule has 1 aromatic rings. The summed E-state index contributed by atoms with van der Waals surface area (Å²) in [5, 5.41) is 18.9. The Morgan fingerprint density at radius 3 is 2.68 bits per heavy atom. The van der Waals surface area contributed by atoms with E-state index in [2.05, 4.69) is 0 Å². The Balaban J connectivity index is 2.83. The highest BCUT2D eigenvalue weighted by Crippen LogP contribution is 2.30. The lowest BCUT2D eigenvalue weighted by atomic mass is 9.77. The maximum atomic E-state index is 11.6. The van der Waals surface area contributed by atoms with Gasteiger partial charge in [0.25, 0.3) is 0 Å². The average Bonchev–Trinajstić information content (AvgIpc) is 2.38. The van der Waals surface area contributed by atoms with Crippen LogP contribution in [0, 0.1) is 6.92 Å². The van der Waals surface area contributed by atoms with Gasteiger partial charge >= 0.3 is 5.97 Å². The lowest BCUT2D eigenvalue weighted by molar-refractivity contribution is -0.143. The molecule has 0 aromatic heterocycles. The standard InChI is InChI=1S/C15H23NO3/c1-11-5-3-6-12(9-11)15(2,14(18)19)8-4-7-13(17)10-16/h3,5-6,9,13,17H,4,7-8,10,16H2,1-2H3,(H,18,19). The van der Waals surface area contributed by atoms with Crippen molar-refractivity contribution in [3.63, 3.8) is 0 Å². The van der Waals surface area contributed by atoms with Crippen molar-refractivity contribution in [3.8, 4) is 0 Å². The number of hydrogen-bond donors (Lipinski definition) is 3. The summed E-state index contributed by atoms with van der Waals surface area (Å²) in [6.07, 6.45) is 1.11. The highest BCUT2D eigenvalue weighted by Gasteiger charge is 2.34. The number of hydrogen-bond acceptors (Lipinski definition) is 3. The Kier molecular flexibility index (Phi) is 5.51. The van der Waals surface area contributed by atoms with Gasteiger partial charge in [-0.3, -0.25) is 4.79 Å². The smallest absolute Gasteiger partial charge is 0.313 e. The van der Waals surface area contributed by atoms with Crippen molar-refractivity contribution < 1.29 is 15.0 Å². The summed E-state index contributed by atoms with van der Waals surface area (Å²) in [5.41, 5.74) is 6.29. The van der Waals surface area contributed by atoms with Gasteiger partial charge in [-0.05, 0) is 38.7 Å². The summed E-state index contributed by atoms with van der Waals surface area (Å²) in [6.45, 7) is 3.90. The van der Waals surface area contributed by atoms with Crippen LogP contribution in [0.25, 0.3) is 0 Å². The van der Waals surface area contributed by atoms with E-state index in [1.165, 1.54) is 0 Å². The fraction of sp³-hybridized carbons (Fsp3) is 0.533. The van der Waals surface area contributed by atoms with Gasteiger partial charge in [-0.25, -0.2) is 0 Å². The number of nitrogens with two attached hydrogens (primary N) is 1. The van der Waals surface area contributed by atoms with Gasteiger partial charge in [0.1, 0.15) is 0 Å². The van der Waals surface area contributed by atoms with E-state index >= 15 is 0 Å². The summed E-state index contributed by atoms with van der Waals surface area (Å²) in [6, 6.07) is 7.58. The molecule has 0 spiro atoms. The van der Waals surface area contributed by atoms with Gasteiger partial charge in [0.15, 0.2) is 0 Å². The van der Waals surface area contributed by atoms with Crippen LogP contribution in [0.5, 0.6) is 0 Å². The zero-order valence-corrected chi connectivity index (χ0v) is 11.6. The van der Waals surface area contributed by atoms with E-state index < -0.39 is 17.5 Å². The summed E-state index contributed by atoms with van der Waals surface area (Å²) in [4.78, 5) is 11.6. The van der Waals surface area contributed by atoms with Crippen LogP contribution in [0.1, 0.15) is 37.3 Å². The molecule has 2 atom stereocenters. The van der Waals surface area contributed by atoms with Crippen LogP contribution < -0.4 is 5.73 Å². The third-order valence-electron chi connectivity index (χ3n) is 3.61. The first kappa shape index (κ1) is 15.7. The molecule has 0 fully saturated rings. The molecule has 1 aromatic carbocycles. The number of carboxylic acids is 1. The lowest BCUT2D eigenvalue weighted by Gasteiger charge is -2.26. The molecule has 0 radical (unpaired) electrons. The molecule has 0 saturated carbocycles. The van der Waals surface area contributed by atoms with Crippen molar-refractivity contribution >= 4 is 5.97 Å². The Labute approximate surface area is 114 Å². The molecule has 0 aliphatic carbocycles. The third kappa shape index (κ3) is 4.04. The van der Waals surface area contributed by atoms with E-state index in [0.717, 1.165) is 11.1 Å². The maximum Gasteiger partial charge on any atom is 0.313 e. The molecule has 0 aliphatic heterocycles. The topological polar surface area (TPSA) is 83.5 Å². The molecule has 4 nitrogen and oxygen atoms in total. The number of carbonyl (C=O) groups is 1. The van der Waals surface area contributed by atoms with Crippen molar-refractivity contribution in [2.45, 2.75) is 44.6 Å². The van der Waals surface area contributed by atoms with Crippen LogP contribution in [0.4, 0.5) is 0 Å². The molecular weight excluding hydrogens is 242 g/mol. The fourth-order valence-electron chi connectivity index (χ4n) is 2.17. The minimum atomic E-state index is -0.916. The first-order chi connectivity index (χ1) is 8.90. The van der Waals surface area contributed by atoms with Crippen molar-refractivity contribution in [3.05, 3.63) is 35.4 Å². The van der Waals surface area contributed by atoms with Crippen molar-refractivity contribution in [2.75, 3.05) is 6.54 Å². The second-order valence-electron chi connectivity index (χ2n) is 5.29. The number of aryl methyl sites for hydroxylation is 1. The maximum absolute atomic E-state index is 11.6. The average molecular weight is 265 g/mol. The van der Waals surface area contributed by atoms with E-state index in [0.29, 0.717) is 19.3 Å². The van der Waals surface area contributed by atoms with Gasteiger partial charge < -0.3 is 15.9 Å². The second-order valence-corrected chi connectivity index (χ2v) is 5.29. The van der Waals surface area contributed by atoms with Gasteiger partial charge in [0, 0.05) is 6.54 Å². The molecule has 2 unspecified atom stereocenters. The first-order valence-corrected chi connectivity index (χ1v) is 6.59. The van der Waals surface area contributed by atoms with E-state index in [9.17, 15) is 15.0 Å². The number of aliphatic carboxylic acids is 1. The van der Waals surface area contributed by atoms with Crippen LogP contribution in [-0.4, -0.2) is 28.8 Å². The molecule has 4 heteroatoms. The van der Waals surface area contributed by atoms with Gasteiger partial charge in [-0.2, -0.15) is 0 Å². The minimum Gasteiger partial charge on any atom is -0.481 e. The molecule has 0 amide bonds. The van der Waals surface area contributed by atoms with Crippen LogP contribution in [0.15, 0.2) is 24.3 Å². The van der Waals surface area contributed by atoms with E-state index in [-0.39, 0.29) is 6.54 Å².